The van der Waals surface area contributed by atoms with E-state index in [2.05, 4.69) is 9.80 Å². The maximum atomic E-state index is 13.8. The summed E-state index contributed by atoms with van der Waals surface area (Å²) in [5.74, 6) is -0.219. The van der Waals surface area contributed by atoms with Gasteiger partial charge in [0.1, 0.15) is 5.82 Å². The third-order valence-electron chi connectivity index (χ3n) is 3.54. The lowest BCUT2D eigenvalue weighted by Gasteiger charge is -2.37. The van der Waals surface area contributed by atoms with Crippen molar-refractivity contribution in [2.45, 2.75) is 25.9 Å². The van der Waals surface area contributed by atoms with Gasteiger partial charge in [0.25, 0.3) is 0 Å². The van der Waals surface area contributed by atoms with Crippen LogP contribution in [0.1, 0.15) is 19.4 Å². The zero-order chi connectivity index (χ0) is 14.8. The topological polar surface area (TPSA) is 32.5 Å². The SMILES string of the molecule is CC(C)(N)CN1CCN(Cc2c(F)cccc2Cl)CC1.Cl. The fourth-order valence-corrected chi connectivity index (χ4v) is 2.81. The smallest absolute Gasteiger partial charge is 0.129 e. The van der Waals surface area contributed by atoms with E-state index in [0.29, 0.717) is 17.1 Å². The highest BCUT2D eigenvalue weighted by atomic mass is 35.5. The quantitative estimate of drug-likeness (QED) is 0.918. The first kappa shape index (κ1) is 18.7. The summed E-state index contributed by atoms with van der Waals surface area (Å²) in [6, 6.07) is 4.85. The first-order chi connectivity index (χ1) is 9.35. The van der Waals surface area contributed by atoms with Gasteiger partial charge in [-0.1, -0.05) is 17.7 Å². The number of halogens is 3. The second-order valence-electron chi connectivity index (χ2n) is 6.24. The molecule has 0 aromatic heterocycles. The van der Waals surface area contributed by atoms with Gasteiger partial charge in [0.2, 0.25) is 0 Å². The van der Waals surface area contributed by atoms with Gasteiger partial charge in [0, 0.05) is 55.4 Å². The average molecular weight is 336 g/mol. The van der Waals surface area contributed by atoms with Gasteiger partial charge in [-0.2, -0.15) is 0 Å². The molecular formula is C15H24Cl2FN3. The number of hydrogen-bond acceptors (Lipinski definition) is 3. The van der Waals surface area contributed by atoms with Gasteiger partial charge in [-0.25, -0.2) is 4.39 Å². The first-order valence-corrected chi connectivity index (χ1v) is 7.39. The molecule has 0 spiro atoms. The van der Waals surface area contributed by atoms with E-state index in [1.54, 1.807) is 12.1 Å². The molecule has 0 unspecified atom stereocenters. The maximum absolute atomic E-state index is 13.8. The minimum absolute atomic E-state index is 0. The molecule has 2 N–H and O–H groups in total. The number of hydrogen-bond donors (Lipinski definition) is 1. The van der Waals surface area contributed by atoms with E-state index in [1.165, 1.54) is 6.07 Å². The van der Waals surface area contributed by atoms with Gasteiger partial charge < -0.3 is 5.73 Å². The van der Waals surface area contributed by atoms with Crippen LogP contribution in [0.25, 0.3) is 0 Å². The molecule has 1 aliphatic rings. The molecule has 21 heavy (non-hydrogen) atoms. The summed E-state index contributed by atoms with van der Waals surface area (Å²) in [6.45, 7) is 9.31. The van der Waals surface area contributed by atoms with Crippen LogP contribution in [0.15, 0.2) is 18.2 Å². The third-order valence-corrected chi connectivity index (χ3v) is 3.89. The van der Waals surface area contributed by atoms with Crippen LogP contribution in [0, 0.1) is 5.82 Å². The molecule has 0 aliphatic carbocycles. The molecule has 1 fully saturated rings. The lowest BCUT2D eigenvalue weighted by atomic mass is 10.1. The van der Waals surface area contributed by atoms with Crippen molar-refractivity contribution < 1.29 is 4.39 Å². The fraction of sp³-hybridized carbons (Fsp3) is 0.600. The van der Waals surface area contributed by atoms with Crippen LogP contribution < -0.4 is 5.73 Å². The summed E-state index contributed by atoms with van der Waals surface area (Å²) in [5, 5.41) is 0.510. The maximum Gasteiger partial charge on any atom is 0.129 e. The Balaban J connectivity index is 0.00000220. The molecule has 1 aromatic carbocycles. The number of rotatable bonds is 4. The van der Waals surface area contributed by atoms with Crippen molar-refractivity contribution in [3.05, 3.63) is 34.6 Å². The van der Waals surface area contributed by atoms with Gasteiger partial charge in [0.15, 0.2) is 0 Å². The first-order valence-electron chi connectivity index (χ1n) is 7.02. The van der Waals surface area contributed by atoms with Gasteiger partial charge >= 0.3 is 0 Å². The summed E-state index contributed by atoms with van der Waals surface area (Å²) < 4.78 is 13.8. The number of benzene rings is 1. The zero-order valence-corrected chi connectivity index (χ0v) is 14.2. The van der Waals surface area contributed by atoms with E-state index in [1.807, 2.05) is 13.8 Å². The predicted octanol–water partition coefficient (Wildman–Crippen LogP) is 2.76. The molecule has 3 nitrogen and oxygen atoms in total. The van der Waals surface area contributed by atoms with Crippen LogP contribution in [0.3, 0.4) is 0 Å². The van der Waals surface area contributed by atoms with Crippen LogP contribution >= 0.6 is 24.0 Å². The number of nitrogens with zero attached hydrogens (tertiary/aromatic N) is 2. The molecule has 1 aliphatic heterocycles. The monoisotopic (exact) mass is 335 g/mol. The summed E-state index contributed by atoms with van der Waals surface area (Å²) in [6.07, 6.45) is 0. The second-order valence-corrected chi connectivity index (χ2v) is 6.65. The molecule has 120 valence electrons. The van der Waals surface area contributed by atoms with E-state index in [-0.39, 0.29) is 23.8 Å². The molecule has 0 amide bonds. The minimum atomic E-state index is -0.219. The summed E-state index contributed by atoms with van der Waals surface area (Å²) >= 11 is 6.07. The highest BCUT2D eigenvalue weighted by Gasteiger charge is 2.22. The van der Waals surface area contributed by atoms with Crippen LogP contribution in [-0.2, 0) is 6.54 Å². The lowest BCUT2D eigenvalue weighted by Crippen LogP contribution is -2.52. The van der Waals surface area contributed by atoms with Crippen molar-refractivity contribution in [1.29, 1.82) is 0 Å². The Morgan fingerprint density at radius 3 is 2.29 bits per heavy atom. The van der Waals surface area contributed by atoms with Crippen LogP contribution in [0.4, 0.5) is 4.39 Å². The normalized spacial score (nSPS) is 17.6. The van der Waals surface area contributed by atoms with E-state index in [4.69, 9.17) is 17.3 Å². The van der Waals surface area contributed by atoms with Gasteiger partial charge in [-0.05, 0) is 26.0 Å². The molecule has 0 saturated carbocycles. The van der Waals surface area contributed by atoms with Crippen LogP contribution in [0.5, 0.6) is 0 Å². The summed E-state index contributed by atoms with van der Waals surface area (Å²) in [7, 11) is 0. The molecule has 0 atom stereocenters. The Morgan fingerprint density at radius 2 is 1.76 bits per heavy atom. The Labute approximate surface area is 137 Å². The van der Waals surface area contributed by atoms with Crippen molar-refractivity contribution in [3.8, 4) is 0 Å². The second kappa shape index (κ2) is 7.75. The molecule has 2 rings (SSSR count). The Bertz CT molecular complexity index is 434. The van der Waals surface area contributed by atoms with Crippen molar-refractivity contribution in [2.75, 3.05) is 32.7 Å². The highest BCUT2D eigenvalue weighted by molar-refractivity contribution is 6.31. The standard InChI is InChI=1S/C15H23ClFN3.ClH/c1-15(2,18)11-20-8-6-19(7-9-20)10-12-13(16)4-3-5-14(12)17;/h3-5H,6-11,18H2,1-2H3;1H. The highest BCUT2D eigenvalue weighted by Crippen LogP contribution is 2.21. The molecule has 6 heteroatoms. The van der Waals surface area contributed by atoms with E-state index in [0.717, 1.165) is 32.7 Å². The summed E-state index contributed by atoms with van der Waals surface area (Å²) in [5.41, 5.74) is 6.47. The average Bonchev–Trinajstić information content (AvgIpc) is 2.34. The molecule has 1 heterocycles. The molecule has 0 bridgehead atoms. The van der Waals surface area contributed by atoms with Crippen LogP contribution in [0.2, 0.25) is 5.02 Å². The Kier molecular flexibility index (Phi) is 6.88. The third kappa shape index (κ3) is 5.72. The van der Waals surface area contributed by atoms with Crippen molar-refractivity contribution >= 4 is 24.0 Å². The fourth-order valence-electron chi connectivity index (χ4n) is 2.59. The molecule has 0 radical (unpaired) electrons. The van der Waals surface area contributed by atoms with E-state index in [9.17, 15) is 4.39 Å². The lowest BCUT2D eigenvalue weighted by molar-refractivity contribution is 0.111. The van der Waals surface area contributed by atoms with Gasteiger partial charge in [-0.3, -0.25) is 9.80 Å². The van der Waals surface area contributed by atoms with Crippen molar-refractivity contribution in [2.24, 2.45) is 5.73 Å². The molecular weight excluding hydrogens is 312 g/mol. The zero-order valence-electron chi connectivity index (χ0n) is 12.6. The largest absolute Gasteiger partial charge is 0.324 e. The predicted molar refractivity (Wildman–Crippen MR) is 88.6 cm³/mol. The van der Waals surface area contributed by atoms with Gasteiger partial charge in [-0.15, -0.1) is 12.4 Å². The summed E-state index contributed by atoms with van der Waals surface area (Å²) in [4.78, 5) is 4.60. The van der Waals surface area contributed by atoms with Gasteiger partial charge in [0.05, 0.1) is 0 Å². The Hall–Kier alpha value is -0.390. The molecule has 1 aromatic rings. The van der Waals surface area contributed by atoms with E-state index >= 15 is 0 Å². The Morgan fingerprint density at radius 1 is 1.19 bits per heavy atom. The number of piperazine rings is 1. The van der Waals surface area contributed by atoms with E-state index < -0.39 is 0 Å². The van der Waals surface area contributed by atoms with Crippen LogP contribution in [-0.4, -0.2) is 48.1 Å². The molecule has 1 saturated heterocycles. The van der Waals surface area contributed by atoms with Crippen molar-refractivity contribution in [1.82, 2.24) is 9.80 Å². The minimum Gasteiger partial charge on any atom is -0.324 e. The number of nitrogens with two attached hydrogens (primary N) is 1. The van der Waals surface area contributed by atoms with Crippen molar-refractivity contribution in [3.63, 3.8) is 0 Å².